The predicted molar refractivity (Wildman–Crippen MR) is 54.8 cm³/mol. The van der Waals surface area contributed by atoms with Crippen molar-refractivity contribution in [3.8, 4) is 0 Å². The lowest BCUT2D eigenvalue weighted by Gasteiger charge is -2.06. The Morgan fingerprint density at radius 2 is 1.85 bits per heavy atom. The first-order valence-corrected chi connectivity index (χ1v) is 5.38. The normalized spacial score (nSPS) is 12.8. The molecule has 13 heavy (non-hydrogen) atoms. The summed E-state index contributed by atoms with van der Waals surface area (Å²) in [5, 5.41) is 8.40. The highest BCUT2D eigenvalue weighted by molar-refractivity contribution is 5.66. The Balaban J connectivity index is 3.04. The quantitative estimate of drug-likeness (QED) is 0.589. The zero-order valence-electron chi connectivity index (χ0n) is 8.88. The molecule has 0 aromatic carbocycles. The average molecular weight is 186 g/mol. The summed E-state index contributed by atoms with van der Waals surface area (Å²) in [4.78, 5) is 10.2. The first-order valence-electron chi connectivity index (χ1n) is 5.38. The van der Waals surface area contributed by atoms with Gasteiger partial charge in [0.15, 0.2) is 0 Å². The summed E-state index contributed by atoms with van der Waals surface area (Å²) in [5.41, 5.74) is 0. The van der Waals surface area contributed by atoms with Gasteiger partial charge >= 0.3 is 5.97 Å². The first kappa shape index (κ1) is 12.5. The molecule has 0 aromatic rings. The van der Waals surface area contributed by atoms with Crippen LogP contribution in [0.1, 0.15) is 58.8 Å². The fraction of sp³-hybridized carbons (Fsp3) is 0.909. The van der Waals surface area contributed by atoms with Crippen LogP contribution in [0.15, 0.2) is 0 Å². The second-order valence-electron chi connectivity index (χ2n) is 3.86. The van der Waals surface area contributed by atoms with Gasteiger partial charge in [0, 0.05) is 6.42 Å². The Morgan fingerprint density at radius 3 is 2.38 bits per heavy atom. The molecule has 0 unspecified atom stereocenters. The van der Waals surface area contributed by atoms with E-state index in [1.165, 1.54) is 25.7 Å². The summed E-state index contributed by atoms with van der Waals surface area (Å²) in [6.45, 7) is 4.49. The molecule has 0 bridgehead atoms. The van der Waals surface area contributed by atoms with Crippen molar-refractivity contribution in [2.45, 2.75) is 58.8 Å². The van der Waals surface area contributed by atoms with Crippen LogP contribution in [0.4, 0.5) is 0 Å². The number of carboxylic acid groups (broad SMARTS) is 1. The van der Waals surface area contributed by atoms with Crippen molar-refractivity contribution >= 4 is 5.97 Å². The molecular formula is C11H22O2. The maximum Gasteiger partial charge on any atom is 0.303 e. The molecule has 1 atom stereocenters. The van der Waals surface area contributed by atoms with E-state index in [0.717, 1.165) is 18.8 Å². The molecule has 0 aromatic heterocycles. The first-order chi connectivity index (χ1) is 6.16. The summed E-state index contributed by atoms with van der Waals surface area (Å²) in [7, 11) is 0. The number of hydrogen-bond donors (Lipinski definition) is 1. The van der Waals surface area contributed by atoms with Gasteiger partial charge < -0.3 is 5.11 Å². The molecule has 0 aliphatic rings. The van der Waals surface area contributed by atoms with Crippen LogP contribution in [0.25, 0.3) is 0 Å². The Kier molecular flexibility index (Phi) is 7.76. The van der Waals surface area contributed by atoms with Crippen LogP contribution < -0.4 is 0 Å². The van der Waals surface area contributed by atoms with Crippen LogP contribution in [0.3, 0.4) is 0 Å². The van der Waals surface area contributed by atoms with Gasteiger partial charge in [-0.25, -0.2) is 0 Å². The van der Waals surface area contributed by atoms with Crippen molar-refractivity contribution in [3.63, 3.8) is 0 Å². The molecule has 0 rings (SSSR count). The van der Waals surface area contributed by atoms with Crippen LogP contribution in [0.2, 0.25) is 0 Å². The minimum absolute atomic E-state index is 0.337. The van der Waals surface area contributed by atoms with E-state index < -0.39 is 5.97 Å². The maximum atomic E-state index is 10.2. The van der Waals surface area contributed by atoms with Crippen molar-refractivity contribution in [2.24, 2.45) is 5.92 Å². The average Bonchev–Trinajstić information content (AvgIpc) is 2.10. The highest BCUT2D eigenvalue weighted by Crippen LogP contribution is 2.13. The van der Waals surface area contributed by atoms with Crippen molar-refractivity contribution in [3.05, 3.63) is 0 Å². The summed E-state index contributed by atoms with van der Waals surface area (Å²) in [6.07, 6.45) is 7.26. The van der Waals surface area contributed by atoms with Gasteiger partial charge in [-0.2, -0.15) is 0 Å². The van der Waals surface area contributed by atoms with E-state index in [1.807, 2.05) is 0 Å². The van der Waals surface area contributed by atoms with E-state index in [0.29, 0.717) is 6.42 Å². The van der Waals surface area contributed by atoms with Crippen molar-refractivity contribution in [1.29, 1.82) is 0 Å². The fourth-order valence-electron chi connectivity index (χ4n) is 1.33. The number of carbonyl (C=O) groups is 1. The van der Waals surface area contributed by atoms with E-state index in [9.17, 15) is 4.79 Å². The smallest absolute Gasteiger partial charge is 0.303 e. The molecule has 0 fully saturated rings. The van der Waals surface area contributed by atoms with Crippen LogP contribution in [0.5, 0.6) is 0 Å². The van der Waals surface area contributed by atoms with E-state index in [-0.39, 0.29) is 0 Å². The largest absolute Gasteiger partial charge is 0.481 e. The molecule has 78 valence electrons. The minimum Gasteiger partial charge on any atom is -0.481 e. The van der Waals surface area contributed by atoms with Gasteiger partial charge in [0.05, 0.1) is 0 Å². The van der Waals surface area contributed by atoms with Crippen LogP contribution in [-0.4, -0.2) is 11.1 Å². The summed E-state index contributed by atoms with van der Waals surface area (Å²) < 4.78 is 0. The molecule has 0 heterocycles. The third-order valence-corrected chi connectivity index (χ3v) is 2.53. The van der Waals surface area contributed by atoms with Gasteiger partial charge in [-0.3, -0.25) is 4.79 Å². The van der Waals surface area contributed by atoms with E-state index in [2.05, 4.69) is 13.8 Å². The minimum atomic E-state index is -0.665. The third kappa shape index (κ3) is 9.38. The zero-order chi connectivity index (χ0) is 10.1. The van der Waals surface area contributed by atoms with Crippen molar-refractivity contribution in [2.75, 3.05) is 0 Å². The lowest BCUT2D eigenvalue weighted by atomic mass is 10.0. The van der Waals surface area contributed by atoms with Crippen LogP contribution in [0, 0.1) is 5.92 Å². The molecule has 2 nitrogen and oxygen atoms in total. The molecule has 0 aliphatic carbocycles. The van der Waals surface area contributed by atoms with Crippen molar-refractivity contribution < 1.29 is 9.90 Å². The van der Waals surface area contributed by atoms with Gasteiger partial charge in [-0.15, -0.1) is 0 Å². The topological polar surface area (TPSA) is 37.3 Å². The van der Waals surface area contributed by atoms with Crippen molar-refractivity contribution in [1.82, 2.24) is 0 Å². The number of rotatable bonds is 8. The Morgan fingerprint density at radius 1 is 1.23 bits per heavy atom. The molecule has 0 saturated heterocycles. The van der Waals surface area contributed by atoms with Gasteiger partial charge in [0.2, 0.25) is 0 Å². The summed E-state index contributed by atoms with van der Waals surface area (Å²) in [6, 6.07) is 0. The standard InChI is InChI=1S/C11H22O2/c1-3-10(2)8-6-4-5-7-9-11(12)13/h10H,3-9H2,1-2H3,(H,12,13)/t10-/m0/s1. The molecule has 0 amide bonds. The SMILES string of the molecule is CC[C@H](C)CCCCCCC(=O)O. The highest BCUT2D eigenvalue weighted by atomic mass is 16.4. The van der Waals surface area contributed by atoms with Crippen LogP contribution in [-0.2, 0) is 4.79 Å². The monoisotopic (exact) mass is 186 g/mol. The van der Waals surface area contributed by atoms with E-state index in [4.69, 9.17) is 5.11 Å². The number of aliphatic carboxylic acids is 1. The molecule has 0 radical (unpaired) electrons. The maximum absolute atomic E-state index is 10.2. The van der Waals surface area contributed by atoms with Gasteiger partial charge in [-0.05, 0) is 12.3 Å². The van der Waals surface area contributed by atoms with E-state index >= 15 is 0 Å². The van der Waals surface area contributed by atoms with Gasteiger partial charge in [0.25, 0.3) is 0 Å². The lowest BCUT2D eigenvalue weighted by Crippen LogP contribution is -1.94. The van der Waals surface area contributed by atoms with E-state index in [1.54, 1.807) is 0 Å². The molecule has 1 N–H and O–H groups in total. The number of unbranched alkanes of at least 4 members (excludes halogenated alkanes) is 3. The Hall–Kier alpha value is -0.530. The fourth-order valence-corrected chi connectivity index (χ4v) is 1.33. The molecular weight excluding hydrogens is 164 g/mol. The third-order valence-electron chi connectivity index (χ3n) is 2.53. The van der Waals surface area contributed by atoms with Gasteiger partial charge in [-0.1, -0.05) is 46.0 Å². The predicted octanol–water partition coefficient (Wildman–Crippen LogP) is 3.46. The molecule has 0 spiro atoms. The molecule has 2 heteroatoms. The molecule has 0 saturated carbocycles. The summed E-state index contributed by atoms with van der Waals surface area (Å²) >= 11 is 0. The molecule has 0 aliphatic heterocycles. The Labute approximate surface area is 81.3 Å². The second kappa shape index (κ2) is 8.09. The second-order valence-corrected chi connectivity index (χ2v) is 3.86. The highest BCUT2D eigenvalue weighted by Gasteiger charge is 1.99. The summed E-state index contributed by atoms with van der Waals surface area (Å²) in [5.74, 6) is 0.168. The lowest BCUT2D eigenvalue weighted by molar-refractivity contribution is -0.137. The van der Waals surface area contributed by atoms with Gasteiger partial charge in [0.1, 0.15) is 0 Å². The Bertz CT molecular complexity index is 132. The number of carboxylic acids is 1. The zero-order valence-corrected chi connectivity index (χ0v) is 8.88. The number of hydrogen-bond acceptors (Lipinski definition) is 1. The van der Waals surface area contributed by atoms with Crippen LogP contribution >= 0.6 is 0 Å².